The largest absolute Gasteiger partial charge is 0.380 e. The lowest BCUT2D eigenvalue weighted by molar-refractivity contribution is 0.598. The van der Waals surface area contributed by atoms with E-state index >= 15 is 0 Å². The first-order valence-corrected chi connectivity index (χ1v) is 7.91. The predicted octanol–water partition coefficient (Wildman–Crippen LogP) is 3.34. The van der Waals surface area contributed by atoms with Crippen LogP contribution in [0.1, 0.15) is 13.0 Å². The van der Waals surface area contributed by atoms with Crippen LogP contribution >= 0.6 is 15.9 Å². The molecule has 6 heteroatoms. The number of halogens is 1. The highest BCUT2D eigenvalue weighted by molar-refractivity contribution is 9.10. The van der Waals surface area contributed by atoms with Crippen LogP contribution in [-0.4, -0.2) is 8.42 Å². The van der Waals surface area contributed by atoms with Gasteiger partial charge in [0.1, 0.15) is 0 Å². The normalized spacial score (nSPS) is 10.7. The first-order chi connectivity index (χ1) is 8.97. The van der Waals surface area contributed by atoms with Gasteiger partial charge in [-0.05, 0) is 39.7 Å². The zero-order valence-corrected chi connectivity index (χ0v) is 12.4. The summed E-state index contributed by atoms with van der Waals surface area (Å²) in [5.41, 5.74) is 1.96. The lowest BCUT2D eigenvalue weighted by atomic mass is 10.2. The summed E-state index contributed by atoms with van der Waals surface area (Å²) in [7, 11) is -3.67. The Bertz CT molecular complexity index is 673. The van der Waals surface area contributed by atoms with E-state index in [9.17, 15) is 8.42 Å². The standard InChI is InChI=1S/C13H13BrN2O2S.CH4/c14-12-8-11(19(15,17)18)6-7-13(12)16-9-10-4-2-1-3-5-10;/h1-8,16H,9H2,(H2,15,17,18);1H4. The van der Waals surface area contributed by atoms with Crippen LogP contribution in [0.15, 0.2) is 57.9 Å². The molecule has 0 fully saturated rings. The number of primary sulfonamides is 1. The molecule has 0 unspecified atom stereocenters. The molecule has 20 heavy (non-hydrogen) atoms. The topological polar surface area (TPSA) is 72.2 Å². The monoisotopic (exact) mass is 356 g/mol. The lowest BCUT2D eigenvalue weighted by Gasteiger charge is -2.09. The molecule has 3 N–H and O–H groups in total. The van der Waals surface area contributed by atoms with Crippen molar-refractivity contribution >= 4 is 31.6 Å². The van der Waals surface area contributed by atoms with Crippen LogP contribution in [0.4, 0.5) is 5.69 Å². The summed E-state index contributed by atoms with van der Waals surface area (Å²) in [5.74, 6) is 0. The number of rotatable bonds is 4. The maximum Gasteiger partial charge on any atom is 0.238 e. The molecule has 0 saturated carbocycles. The van der Waals surface area contributed by atoms with Crippen LogP contribution in [0.3, 0.4) is 0 Å². The summed E-state index contributed by atoms with van der Waals surface area (Å²) < 4.78 is 23.1. The van der Waals surface area contributed by atoms with Gasteiger partial charge < -0.3 is 5.32 Å². The maximum absolute atomic E-state index is 11.2. The van der Waals surface area contributed by atoms with Gasteiger partial charge in [-0.3, -0.25) is 0 Å². The highest BCUT2D eigenvalue weighted by atomic mass is 79.9. The molecule has 4 nitrogen and oxygen atoms in total. The fourth-order valence-corrected chi connectivity index (χ4v) is 2.82. The first-order valence-electron chi connectivity index (χ1n) is 5.57. The van der Waals surface area contributed by atoms with Crippen LogP contribution in [0.25, 0.3) is 0 Å². The van der Waals surface area contributed by atoms with E-state index in [1.807, 2.05) is 30.3 Å². The minimum absolute atomic E-state index is 0. The summed E-state index contributed by atoms with van der Waals surface area (Å²) >= 11 is 3.33. The molecule has 0 heterocycles. The van der Waals surface area contributed by atoms with E-state index in [1.165, 1.54) is 12.1 Å². The van der Waals surface area contributed by atoms with Crippen LogP contribution in [-0.2, 0) is 16.6 Å². The van der Waals surface area contributed by atoms with E-state index in [2.05, 4.69) is 21.2 Å². The van der Waals surface area contributed by atoms with Crippen molar-refractivity contribution in [2.24, 2.45) is 5.14 Å². The van der Waals surface area contributed by atoms with E-state index in [-0.39, 0.29) is 12.3 Å². The zero-order chi connectivity index (χ0) is 13.9. The van der Waals surface area contributed by atoms with Gasteiger partial charge in [-0.2, -0.15) is 0 Å². The number of nitrogens with one attached hydrogen (secondary N) is 1. The summed E-state index contributed by atoms with van der Waals surface area (Å²) in [6.45, 7) is 0.661. The Balaban J connectivity index is 0.00000200. The Morgan fingerprint density at radius 2 is 1.75 bits per heavy atom. The van der Waals surface area contributed by atoms with Gasteiger partial charge >= 0.3 is 0 Å². The molecule has 2 aromatic rings. The van der Waals surface area contributed by atoms with Crippen LogP contribution in [0.5, 0.6) is 0 Å². The molecule has 108 valence electrons. The Morgan fingerprint density at radius 1 is 1.10 bits per heavy atom. The third-order valence-electron chi connectivity index (χ3n) is 2.59. The van der Waals surface area contributed by atoms with Crippen molar-refractivity contribution in [2.45, 2.75) is 18.9 Å². The molecule has 0 aromatic heterocycles. The maximum atomic E-state index is 11.2. The first kappa shape index (κ1) is 16.7. The lowest BCUT2D eigenvalue weighted by Crippen LogP contribution is -2.12. The average molecular weight is 357 g/mol. The fourth-order valence-electron chi connectivity index (χ4n) is 1.61. The van der Waals surface area contributed by atoms with E-state index in [4.69, 9.17) is 5.14 Å². The summed E-state index contributed by atoms with van der Waals surface area (Å²) in [6.07, 6.45) is 0. The highest BCUT2D eigenvalue weighted by Gasteiger charge is 2.10. The minimum atomic E-state index is -3.67. The van der Waals surface area contributed by atoms with E-state index in [1.54, 1.807) is 6.07 Å². The molecule has 0 amide bonds. The fraction of sp³-hybridized carbons (Fsp3) is 0.143. The number of sulfonamides is 1. The molecule has 0 saturated heterocycles. The van der Waals surface area contributed by atoms with Crippen LogP contribution < -0.4 is 10.5 Å². The van der Waals surface area contributed by atoms with Gasteiger partial charge in [0, 0.05) is 16.7 Å². The SMILES string of the molecule is C.NS(=O)(=O)c1ccc(NCc2ccccc2)c(Br)c1. The number of hydrogen-bond acceptors (Lipinski definition) is 3. The molecule has 0 aliphatic heterocycles. The van der Waals surface area contributed by atoms with Gasteiger partial charge in [0.25, 0.3) is 0 Å². The Hall–Kier alpha value is -1.37. The molecule has 0 spiro atoms. The van der Waals surface area contributed by atoms with Crippen molar-refractivity contribution in [1.82, 2.24) is 0 Å². The predicted molar refractivity (Wildman–Crippen MR) is 86.0 cm³/mol. The Labute approximate surface area is 128 Å². The molecule has 0 aliphatic carbocycles. The summed E-state index contributed by atoms with van der Waals surface area (Å²) in [6, 6.07) is 14.6. The molecular formula is C14H17BrN2O2S. The van der Waals surface area contributed by atoms with Crippen molar-refractivity contribution in [1.29, 1.82) is 0 Å². The number of hydrogen-bond donors (Lipinski definition) is 2. The highest BCUT2D eigenvalue weighted by Crippen LogP contribution is 2.25. The molecular weight excluding hydrogens is 340 g/mol. The molecule has 2 aromatic carbocycles. The third-order valence-corrected chi connectivity index (χ3v) is 4.16. The smallest absolute Gasteiger partial charge is 0.238 e. The van der Waals surface area contributed by atoms with Crippen LogP contribution in [0.2, 0.25) is 0 Å². The Morgan fingerprint density at radius 3 is 2.30 bits per heavy atom. The van der Waals surface area contributed by atoms with Crippen molar-refractivity contribution in [3.63, 3.8) is 0 Å². The van der Waals surface area contributed by atoms with Gasteiger partial charge in [0.15, 0.2) is 0 Å². The van der Waals surface area contributed by atoms with Crippen molar-refractivity contribution in [3.05, 3.63) is 58.6 Å². The van der Waals surface area contributed by atoms with Gasteiger partial charge in [-0.25, -0.2) is 13.6 Å². The van der Waals surface area contributed by atoms with Crippen molar-refractivity contribution in [3.8, 4) is 0 Å². The number of nitrogens with two attached hydrogens (primary N) is 1. The van der Waals surface area contributed by atoms with Gasteiger partial charge in [-0.1, -0.05) is 37.8 Å². The second-order valence-corrected chi connectivity index (χ2v) is 6.44. The molecule has 0 atom stereocenters. The van der Waals surface area contributed by atoms with E-state index < -0.39 is 10.0 Å². The summed E-state index contributed by atoms with van der Waals surface area (Å²) in [4.78, 5) is 0.0876. The quantitative estimate of drug-likeness (QED) is 0.882. The van der Waals surface area contributed by atoms with E-state index in [0.717, 1.165) is 11.3 Å². The Kier molecular flexibility index (Phi) is 5.74. The summed E-state index contributed by atoms with van der Waals surface area (Å²) in [5, 5.41) is 8.30. The van der Waals surface area contributed by atoms with Gasteiger partial charge in [0.05, 0.1) is 4.90 Å². The zero-order valence-electron chi connectivity index (χ0n) is 10.0. The average Bonchev–Trinajstić information content (AvgIpc) is 2.37. The van der Waals surface area contributed by atoms with Crippen molar-refractivity contribution < 1.29 is 8.42 Å². The second kappa shape index (κ2) is 6.88. The molecule has 2 rings (SSSR count). The minimum Gasteiger partial charge on any atom is -0.380 e. The van der Waals surface area contributed by atoms with E-state index in [0.29, 0.717) is 11.0 Å². The molecule has 0 radical (unpaired) electrons. The molecule has 0 bridgehead atoms. The van der Waals surface area contributed by atoms with Gasteiger partial charge in [0.2, 0.25) is 10.0 Å². The number of benzene rings is 2. The number of anilines is 1. The third kappa shape index (κ3) is 4.33. The molecule has 0 aliphatic rings. The van der Waals surface area contributed by atoms with Gasteiger partial charge in [-0.15, -0.1) is 0 Å². The van der Waals surface area contributed by atoms with Crippen LogP contribution in [0, 0.1) is 0 Å². The second-order valence-electron chi connectivity index (χ2n) is 4.03. The van der Waals surface area contributed by atoms with Crippen molar-refractivity contribution in [2.75, 3.05) is 5.32 Å².